The first-order valence-corrected chi connectivity index (χ1v) is 11.0. The third-order valence-electron chi connectivity index (χ3n) is 4.28. The van der Waals surface area contributed by atoms with Crippen LogP contribution in [-0.4, -0.2) is 50.1 Å². The molecule has 0 saturated heterocycles. The van der Waals surface area contributed by atoms with Crippen LogP contribution in [0.4, 0.5) is 0 Å². The number of hydrazine groups is 1. The molecule has 0 aliphatic carbocycles. The molecule has 0 aliphatic heterocycles. The highest BCUT2D eigenvalue weighted by Crippen LogP contribution is 2.15. The van der Waals surface area contributed by atoms with Gasteiger partial charge in [0.15, 0.2) is 0 Å². The van der Waals surface area contributed by atoms with E-state index in [-0.39, 0.29) is 15.5 Å². The molecule has 0 radical (unpaired) electrons. The first-order chi connectivity index (χ1) is 14.5. The van der Waals surface area contributed by atoms with Crippen LogP contribution in [0.15, 0.2) is 53.4 Å². The Labute approximate surface area is 185 Å². The maximum atomic E-state index is 12.5. The molecular formula is C20H23ClN4O5S. The van der Waals surface area contributed by atoms with E-state index in [9.17, 15) is 22.8 Å². The Balaban J connectivity index is 1.87. The van der Waals surface area contributed by atoms with Crippen LogP contribution in [0.3, 0.4) is 0 Å². The Kier molecular flexibility index (Phi) is 8.14. The Morgan fingerprint density at radius 1 is 1.03 bits per heavy atom. The minimum Gasteiger partial charge on any atom is -0.340 e. The monoisotopic (exact) mass is 466 g/mol. The zero-order valence-corrected chi connectivity index (χ0v) is 18.8. The first kappa shape index (κ1) is 24.3. The summed E-state index contributed by atoms with van der Waals surface area (Å²) in [6, 6.07) is 11.6. The van der Waals surface area contributed by atoms with E-state index in [0.717, 1.165) is 9.87 Å². The largest absolute Gasteiger partial charge is 0.340 e. The number of nitrogens with one attached hydrogen (secondary N) is 3. The first-order valence-electron chi connectivity index (χ1n) is 9.19. The second-order valence-electron chi connectivity index (χ2n) is 6.79. The SMILES string of the molecule is Cc1ccc(S(=O)(=O)N(C)CC(=O)NNC(=O)[C@H](C)NC(=O)c2ccccc2Cl)cc1. The molecule has 0 aliphatic rings. The topological polar surface area (TPSA) is 125 Å². The van der Waals surface area contributed by atoms with Gasteiger partial charge in [0, 0.05) is 7.05 Å². The van der Waals surface area contributed by atoms with Gasteiger partial charge in [-0.3, -0.25) is 25.2 Å². The van der Waals surface area contributed by atoms with Crippen molar-refractivity contribution < 1.29 is 22.8 Å². The van der Waals surface area contributed by atoms with E-state index in [1.165, 1.54) is 32.2 Å². The van der Waals surface area contributed by atoms with Gasteiger partial charge < -0.3 is 5.32 Å². The Morgan fingerprint density at radius 2 is 1.65 bits per heavy atom. The quantitative estimate of drug-likeness (QED) is 0.529. The molecule has 0 aromatic heterocycles. The van der Waals surface area contributed by atoms with Crippen LogP contribution in [0, 0.1) is 6.92 Å². The fraction of sp³-hybridized carbons (Fsp3) is 0.250. The average Bonchev–Trinajstić information content (AvgIpc) is 2.72. The number of aryl methyl sites for hydroxylation is 1. The molecule has 3 amide bonds. The van der Waals surface area contributed by atoms with Crippen molar-refractivity contribution in [1.29, 1.82) is 0 Å². The second-order valence-corrected chi connectivity index (χ2v) is 9.24. The summed E-state index contributed by atoms with van der Waals surface area (Å²) in [4.78, 5) is 36.4. The van der Waals surface area contributed by atoms with Gasteiger partial charge in [0.2, 0.25) is 10.0 Å². The van der Waals surface area contributed by atoms with E-state index in [1.807, 2.05) is 6.92 Å². The van der Waals surface area contributed by atoms with E-state index in [2.05, 4.69) is 16.2 Å². The lowest BCUT2D eigenvalue weighted by atomic mass is 10.2. The lowest BCUT2D eigenvalue weighted by Gasteiger charge is -2.18. The van der Waals surface area contributed by atoms with Crippen molar-refractivity contribution in [3.8, 4) is 0 Å². The van der Waals surface area contributed by atoms with Crippen molar-refractivity contribution in [2.45, 2.75) is 24.8 Å². The fourth-order valence-corrected chi connectivity index (χ4v) is 3.79. The molecule has 11 heteroatoms. The van der Waals surface area contributed by atoms with Gasteiger partial charge in [0.05, 0.1) is 22.0 Å². The predicted octanol–water partition coefficient (Wildman–Crippen LogP) is 1.23. The summed E-state index contributed by atoms with van der Waals surface area (Å²) in [7, 11) is -2.61. The van der Waals surface area contributed by atoms with E-state index in [1.54, 1.807) is 30.3 Å². The van der Waals surface area contributed by atoms with E-state index < -0.39 is 40.3 Å². The minimum atomic E-state index is -3.87. The molecule has 0 spiro atoms. The van der Waals surface area contributed by atoms with E-state index >= 15 is 0 Å². The van der Waals surface area contributed by atoms with Crippen molar-refractivity contribution in [2.75, 3.05) is 13.6 Å². The number of nitrogens with zero attached hydrogens (tertiary/aromatic N) is 1. The summed E-state index contributed by atoms with van der Waals surface area (Å²) in [5.74, 6) is -2.00. The number of hydrogen-bond donors (Lipinski definition) is 3. The van der Waals surface area contributed by atoms with Gasteiger partial charge in [0.1, 0.15) is 6.04 Å². The smallest absolute Gasteiger partial charge is 0.260 e. The van der Waals surface area contributed by atoms with Gasteiger partial charge in [-0.25, -0.2) is 8.42 Å². The molecule has 1 atom stereocenters. The maximum absolute atomic E-state index is 12.5. The Morgan fingerprint density at radius 3 is 2.26 bits per heavy atom. The fourth-order valence-electron chi connectivity index (χ4n) is 2.44. The van der Waals surface area contributed by atoms with Gasteiger partial charge in [-0.05, 0) is 38.1 Å². The lowest BCUT2D eigenvalue weighted by Crippen LogP contribution is -2.52. The van der Waals surface area contributed by atoms with Crippen LogP contribution in [0.5, 0.6) is 0 Å². The van der Waals surface area contributed by atoms with E-state index in [0.29, 0.717) is 0 Å². The third kappa shape index (κ3) is 6.51. The van der Waals surface area contributed by atoms with Gasteiger partial charge in [-0.1, -0.05) is 41.4 Å². The standard InChI is InChI=1S/C20H23ClN4O5S/c1-13-8-10-15(11-9-13)31(29,30)25(3)12-18(26)23-24-19(27)14(2)22-20(28)16-6-4-5-7-17(16)21/h4-11,14H,12H2,1-3H3,(H,22,28)(H,23,26)(H,24,27)/t14-/m0/s1. The van der Waals surface area contributed by atoms with Crippen molar-refractivity contribution in [2.24, 2.45) is 0 Å². The molecular weight excluding hydrogens is 444 g/mol. The summed E-state index contributed by atoms with van der Waals surface area (Å²) < 4.78 is 25.9. The van der Waals surface area contributed by atoms with E-state index in [4.69, 9.17) is 11.6 Å². The number of benzene rings is 2. The number of likely N-dealkylation sites (N-methyl/N-ethyl adjacent to an activating group) is 1. The minimum absolute atomic E-state index is 0.0494. The lowest BCUT2D eigenvalue weighted by molar-refractivity contribution is -0.129. The van der Waals surface area contributed by atoms with Crippen LogP contribution < -0.4 is 16.2 Å². The number of halogens is 1. The second kappa shape index (κ2) is 10.4. The molecule has 2 rings (SSSR count). The molecule has 3 N–H and O–H groups in total. The molecule has 0 saturated carbocycles. The number of carbonyl (C=O) groups excluding carboxylic acids is 3. The number of rotatable bonds is 7. The van der Waals surface area contributed by atoms with Crippen LogP contribution in [0.1, 0.15) is 22.8 Å². The maximum Gasteiger partial charge on any atom is 0.260 e. The molecule has 2 aromatic carbocycles. The van der Waals surface area contributed by atoms with Crippen molar-refractivity contribution in [3.63, 3.8) is 0 Å². The van der Waals surface area contributed by atoms with Crippen LogP contribution in [0.2, 0.25) is 5.02 Å². The average molecular weight is 467 g/mol. The number of amides is 3. The third-order valence-corrected chi connectivity index (χ3v) is 6.43. The van der Waals surface area contributed by atoms with Crippen molar-refractivity contribution >= 4 is 39.3 Å². The molecule has 2 aromatic rings. The van der Waals surface area contributed by atoms with Crippen LogP contribution >= 0.6 is 11.6 Å². The highest BCUT2D eigenvalue weighted by Gasteiger charge is 2.24. The van der Waals surface area contributed by atoms with Crippen LogP contribution in [0.25, 0.3) is 0 Å². The molecule has 9 nitrogen and oxygen atoms in total. The molecule has 0 unspecified atom stereocenters. The Bertz CT molecular complexity index is 1070. The van der Waals surface area contributed by atoms with Crippen molar-refractivity contribution in [3.05, 3.63) is 64.7 Å². The number of hydrogen-bond acceptors (Lipinski definition) is 5. The zero-order valence-electron chi connectivity index (χ0n) is 17.2. The van der Waals surface area contributed by atoms with Gasteiger partial charge in [-0.15, -0.1) is 0 Å². The van der Waals surface area contributed by atoms with Gasteiger partial charge in [0.25, 0.3) is 17.7 Å². The van der Waals surface area contributed by atoms with Gasteiger partial charge in [-0.2, -0.15) is 4.31 Å². The number of sulfonamides is 1. The highest BCUT2D eigenvalue weighted by atomic mass is 35.5. The molecule has 31 heavy (non-hydrogen) atoms. The van der Waals surface area contributed by atoms with Crippen LogP contribution in [-0.2, 0) is 19.6 Å². The highest BCUT2D eigenvalue weighted by molar-refractivity contribution is 7.89. The molecule has 166 valence electrons. The molecule has 0 heterocycles. The summed E-state index contributed by atoms with van der Waals surface area (Å²) >= 11 is 5.95. The summed E-state index contributed by atoms with van der Waals surface area (Å²) in [6.07, 6.45) is 0. The molecule has 0 fully saturated rings. The molecule has 0 bridgehead atoms. The number of carbonyl (C=O) groups is 3. The summed E-state index contributed by atoms with van der Waals surface area (Å²) in [5, 5.41) is 2.69. The Hall–Kier alpha value is -2.95. The summed E-state index contributed by atoms with van der Waals surface area (Å²) in [6.45, 7) is 2.73. The summed E-state index contributed by atoms with van der Waals surface area (Å²) in [5.41, 5.74) is 5.38. The van der Waals surface area contributed by atoms with Crippen molar-refractivity contribution in [1.82, 2.24) is 20.5 Å². The predicted molar refractivity (Wildman–Crippen MR) is 116 cm³/mol. The normalized spacial score (nSPS) is 12.2. The van der Waals surface area contributed by atoms with Gasteiger partial charge >= 0.3 is 0 Å². The zero-order chi connectivity index (χ0) is 23.2.